The number of hydrogen-bond acceptors (Lipinski definition) is 5. The lowest BCUT2D eigenvalue weighted by Crippen LogP contribution is -2.43. The number of aliphatic hydroxyl groups is 1. The molecular formula is C7H11NO4. The van der Waals surface area contributed by atoms with Crippen molar-refractivity contribution in [2.75, 3.05) is 13.2 Å². The van der Waals surface area contributed by atoms with E-state index in [0.717, 1.165) is 0 Å². The minimum Gasteiger partial charge on any atom is -0.388 e. The first-order valence-corrected chi connectivity index (χ1v) is 3.94. The molecule has 2 heterocycles. The Kier molecular flexibility index (Phi) is 1.67. The van der Waals surface area contributed by atoms with Crippen molar-refractivity contribution >= 4 is 0 Å². The zero-order chi connectivity index (χ0) is 8.77. The van der Waals surface area contributed by atoms with E-state index >= 15 is 0 Å². The van der Waals surface area contributed by atoms with Gasteiger partial charge >= 0.3 is 0 Å². The van der Waals surface area contributed by atoms with Crippen LogP contribution in [0.15, 0.2) is 5.18 Å². The second-order valence-corrected chi connectivity index (χ2v) is 3.44. The first kappa shape index (κ1) is 8.10. The first-order valence-electron chi connectivity index (χ1n) is 3.94. The Morgan fingerprint density at radius 2 is 2.33 bits per heavy atom. The van der Waals surface area contributed by atoms with E-state index in [0.29, 0.717) is 0 Å². The van der Waals surface area contributed by atoms with Crippen molar-refractivity contribution in [3.05, 3.63) is 4.91 Å². The van der Waals surface area contributed by atoms with Crippen molar-refractivity contribution in [2.24, 2.45) is 5.18 Å². The van der Waals surface area contributed by atoms with E-state index in [9.17, 15) is 10.0 Å². The van der Waals surface area contributed by atoms with Gasteiger partial charge in [0.05, 0.1) is 13.2 Å². The molecule has 4 atom stereocenters. The summed E-state index contributed by atoms with van der Waals surface area (Å²) in [5, 5.41) is 12.3. The Hall–Kier alpha value is -0.520. The fourth-order valence-corrected chi connectivity index (χ4v) is 1.87. The molecule has 0 amide bonds. The third-order valence-electron chi connectivity index (χ3n) is 2.70. The molecule has 2 saturated heterocycles. The lowest BCUT2D eigenvalue weighted by Gasteiger charge is -2.23. The van der Waals surface area contributed by atoms with Gasteiger partial charge in [0.2, 0.25) is 0 Å². The van der Waals surface area contributed by atoms with Crippen LogP contribution in [0.25, 0.3) is 0 Å². The number of rotatable bonds is 1. The van der Waals surface area contributed by atoms with Gasteiger partial charge in [0.25, 0.3) is 0 Å². The molecule has 2 fully saturated rings. The summed E-state index contributed by atoms with van der Waals surface area (Å²) in [7, 11) is 0. The summed E-state index contributed by atoms with van der Waals surface area (Å²) >= 11 is 0. The van der Waals surface area contributed by atoms with E-state index in [-0.39, 0.29) is 19.3 Å². The molecule has 0 saturated carbocycles. The highest BCUT2D eigenvalue weighted by Crippen LogP contribution is 2.38. The standard InChI is InChI=1S/C7H11NO4/c1-7-5(8-10)3-11-6(7)4(9)2-12-7/h4-6,9H,2-3H2,1H3. The van der Waals surface area contributed by atoms with Crippen LogP contribution in [0.3, 0.4) is 0 Å². The highest BCUT2D eigenvalue weighted by Gasteiger charge is 2.57. The van der Waals surface area contributed by atoms with E-state index in [1.54, 1.807) is 6.92 Å². The van der Waals surface area contributed by atoms with Crippen LogP contribution in [0, 0.1) is 4.91 Å². The Bertz CT molecular complexity index is 210. The molecule has 0 aromatic carbocycles. The van der Waals surface area contributed by atoms with Crippen molar-refractivity contribution in [3.8, 4) is 0 Å². The first-order chi connectivity index (χ1) is 5.68. The second-order valence-electron chi connectivity index (χ2n) is 3.44. The highest BCUT2D eigenvalue weighted by molar-refractivity contribution is 5.07. The van der Waals surface area contributed by atoms with Gasteiger partial charge < -0.3 is 14.6 Å². The lowest BCUT2D eigenvalue weighted by atomic mass is 9.93. The van der Waals surface area contributed by atoms with E-state index in [2.05, 4.69) is 5.18 Å². The van der Waals surface area contributed by atoms with Crippen LogP contribution >= 0.6 is 0 Å². The van der Waals surface area contributed by atoms with Crippen LogP contribution < -0.4 is 0 Å². The number of ether oxygens (including phenoxy) is 2. The Morgan fingerprint density at radius 3 is 3.00 bits per heavy atom. The normalized spacial score (nSPS) is 52.3. The average molecular weight is 173 g/mol. The summed E-state index contributed by atoms with van der Waals surface area (Å²) in [5.41, 5.74) is -0.707. The molecule has 0 bridgehead atoms. The SMILES string of the molecule is CC12OCC(O)C1OCC2N=O. The monoisotopic (exact) mass is 173 g/mol. The number of nitroso groups, excluding NO2 is 1. The van der Waals surface area contributed by atoms with Gasteiger partial charge in [0.1, 0.15) is 23.9 Å². The molecule has 2 aliphatic heterocycles. The van der Waals surface area contributed by atoms with Crippen molar-refractivity contribution in [2.45, 2.75) is 30.8 Å². The molecule has 68 valence electrons. The maximum absolute atomic E-state index is 10.4. The van der Waals surface area contributed by atoms with Gasteiger partial charge in [-0.3, -0.25) is 0 Å². The van der Waals surface area contributed by atoms with Crippen LogP contribution in [-0.4, -0.2) is 42.2 Å². The predicted molar refractivity (Wildman–Crippen MR) is 39.7 cm³/mol. The molecule has 2 aliphatic rings. The molecule has 1 N–H and O–H groups in total. The second kappa shape index (κ2) is 2.48. The Labute approximate surface area is 69.6 Å². The largest absolute Gasteiger partial charge is 0.388 e. The molecule has 4 unspecified atom stereocenters. The zero-order valence-electron chi connectivity index (χ0n) is 6.77. The smallest absolute Gasteiger partial charge is 0.146 e. The van der Waals surface area contributed by atoms with Gasteiger partial charge in [0.15, 0.2) is 0 Å². The summed E-state index contributed by atoms with van der Waals surface area (Å²) in [6.45, 7) is 2.24. The van der Waals surface area contributed by atoms with Crippen molar-refractivity contribution in [1.82, 2.24) is 0 Å². The molecule has 2 rings (SSSR count). The van der Waals surface area contributed by atoms with E-state index in [4.69, 9.17) is 9.47 Å². The van der Waals surface area contributed by atoms with Gasteiger partial charge in [-0.05, 0) is 6.92 Å². The summed E-state index contributed by atoms with van der Waals surface area (Å²) in [4.78, 5) is 10.4. The summed E-state index contributed by atoms with van der Waals surface area (Å²) < 4.78 is 10.5. The molecule has 0 aromatic heterocycles. The maximum atomic E-state index is 10.4. The van der Waals surface area contributed by atoms with Crippen molar-refractivity contribution < 1.29 is 14.6 Å². The molecule has 0 aromatic rings. The molecule has 0 spiro atoms. The predicted octanol–water partition coefficient (Wildman–Crippen LogP) is -0.330. The fraction of sp³-hybridized carbons (Fsp3) is 1.00. The van der Waals surface area contributed by atoms with Crippen molar-refractivity contribution in [1.29, 1.82) is 0 Å². The van der Waals surface area contributed by atoms with E-state index in [1.165, 1.54) is 0 Å². The fourth-order valence-electron chi connectivity index (χ4n) is 1.87. The number of hydrogen-bond donors (Lipinski definition) is 1. The van der Waals surface area contributed by atoms with Gasteiger partial charge in [-0.25, -0.2) is 0 Å². The number of fused-ring (bicyclic) bond motifs is 1. The van der Waals surface area contributed by atoms with Crippen LogP contribution in [0.2, 0.25) is 0 Å². The van der Waals surface area contributed by atoms with Crippen molar-refractivity contribution in [3.63, 3.8) is 0 Å². The van der Waals surface area contributed by atoms with Crippen LogP contribution in [-0.2, 0) is 9.47 Å². The van der Waals surface area contributed by atoms with Gasteiger partial charge in [-0.15, -0.1) is 0 Å². The van der Waals surface area contributed by atoms with Gasteiger partial charge in [0, 0.05) is 0 Å². The zero-order valence-corrected chi connectivity index (χ0v) is 6.77. The van der Waals surface area contributed by atoms with Crippen LogP contribution in [0.5, 0.6) is 0 Å². The summed E-state index contributed by atoms with van der Waals surface area (Å²) in [5.74, 6) is 0. The summed E-state index contributed by atoms with van der Waals surface area (Å²) in [6.07, 6.45) is -1.01. The maximum Gasteiger partial charge on any atom is 0.146 e. The van der Waals surface area contributed by atoms with Gasteiger partial charge in [-0.1, -0.05) is 5.18 Å². The third-order valence-corrected chi connectivity index (χ3v) is 2.70. The molecule has 0 aliphatic carbocycles. The van der Waals surface area contributed by atoms with E-state index < -0.39 is 17.7 Å². The molecule has 0 radical (unpaired) electrons. The van der Waals surface area contributed by atoms with E-state index in [1.807, 2.05) is 0 Å². The summed E-state index contributed by atoms with van der Waals surface area (Å²) in [6, 6.07) is -0.486. The minimum atomic E-state index is -0.707. The topological polar surface area (TPSA) is 68.1 Å². The number of nitrogens with zero attached hydrogens (tertiary/aromatic N) is 1. The molecule has 5 heteroatoms. The number of aliphatic hydroxyl groups excluding tert-OH is 1. The lowest BCUT2D eigenvalue weighted by molar-refractivity contribution is -0.0181. The minimum absolute atomic E-state index is 0.229. The van der Waals surface area contributed by atoms with Crippen LogP contribution in [0.1, 0.15) is 6.92 Å². The van der Waals surface area contributed by atoms with Gasteiger partial charge in [-0.2, -0.15) is 4.91 Å². The third kappa shape index (κ3) is 0.840. The average Bonchev–Trinajstić information content (AvgIpc) is 2.50. The highest BCUT2D eigenvalue weighted by atomic mass is 16.6. The van der Waals surface area contributed by atoms with Crippen LogP contribution in [0.4, 0.5) is 0 Å². The quantitative estimate of drug-likeness (QED) is 0.551. The Morgan fingerprint density at radius 1 is 1.58 bits per heavy atom. The molecule has 5 nitrogen and oxygen atoms in total. The Balaban J connectivity index is 2.24. The molecular weight excluding hydrogens is 162 g/mol. The molecule has 12 heavy (non-hydrogen) atoms.